The Morgan fingerprint density at radius 2 is 1.88 bits per heavy atom. The number of hydrogen-bond donors (Lipinski definition) is 2. The summed E-state index contributed by atoms with van der Waals surface area (Å²) in [5.41, 5.74) is 0.0924. The number of rotatable bonds is 7. The lowest BCUT2D eigenvalue weighted by Gasteiger charge is -2.26. The van der Waals surface area contributed by atoms with Crippen molar-refractivity contribution in [3.05, 3.63) is 29.8 Å². The fourth-order valence-corrected chi connectivity index (χ4v) is 3.07. The van der Waals surface area contributed by atoms with E-state index in [1.807, 2.05) is 0 Å². The summed E-state index contributed by atoms with van der Waals surface area (Å²) < 4.78 is 5.30. The zero-order valence-corrected chi connectivity index (χ0v) is 15.0. The van der Waals surface area contributed by atoms with Crippen LogP contribution in [0.3, 0.4) is 0 Å². The van der Waals surface area contributed by atoms with Crippen molar-refractivity contribution in [1.82, 2.24) is 10.2 Å². The zero-order chi connectivity index (χ0) is 18.6. The number of ketones is 1. The second-order valence-electron chi connectivity index (χ2n) is 6.88. The van der Waals surface area contributed by atoms with Gasteiger partial charge in [0, 0.05) is 37.4 Å². The minimum atomic E-state index is -0.975. The van der Waals surface area contributed by atoms with Crippen LogP contribution in [0.4, 0.5) is 5.69 Å². The molecule has 2 aliphatic rings. The van der Waals surface area contributed by atoms with Gasteiger partial charge in [-0.2, -0.15) is 0 Å². The predicted molar refractivity (Wildman–Crippen MR) is 97.0 cm³/mol. The molecule has 1 saturated carbocycles. The number of nitrogens with zero attached hydrogens (tertiary/aromatic N) is 1. The van der Waals surface area contributed by atoms with Crippen molar-refractivity contribution in [2.45, 2.75) is 19.8 Å². The van der Waals surface area contributed by atoms with Gasteiger partial charge in [0.05, 0.1) is 13.2 Å². The number of nitrogens with one attached hydrogen (secondary N) is 2. The number of benzene rings is 1. The van der Waals surface area contributed by atoms with Gasteiger partial charge in [-0.3, -0.25) is 19.3 Å². The maximum atomic E-state index is 12.6. The number of hydrogen-bond acceptors (Lipinski definition) is 5. The first-order valence-electron chi connectivity index (χ1n) is 9.02. The molecule has 2 amide bonds. The highest BCUT2D eigenvalue weighted by Gasteiger charge is 2.56. The molecule has 7 heteroatoms. The van der Waals surface area contributed by atoms with Crippen LogP contribution in [0.25, 0.3) is 0 Å². The van der Waals surface area contributed by atoms with Gasteiger partial charge in [-0.05, 0) is 31.9 Å². The zero-order valence-electron chi connectivity index (χ0n) is 15.0. The Balaban J connectivity index is 1.52. The SMILES string of the molecule is CC(=O)c1cccc(NC(=O)C2(C(=O)NCCN3CCOCC3)CC2)c1. The Hall–Kier alpha value is -2.25. The highest BCUT2D eigenvalue weighted by Crippen LogP contribution is 2.46. The van der Waals surface area contributed by atoms with E-state index in [1.54, 1.807) is 24.3 Å². The quantitative estimate of drug-likeness (QED) is 0.561. The van der Waals surface area contributed by atoms with E-state index in [9.17, 15) is 14.4 Å². The molecular weight excluding hydrogens is 334 g/mol. The van der Waals surface area contributed by atoms with Gasteiger partial charge in [0.1, 0.15) is 5.41 Å². The van der Waals surface area contributed by atoms with Crippen LogP contribution >= 0.6 is 0 Å². The fourth-order valence-electron chi connectivity index (χ4n) is 3.07. The third kappa shape index (κ3) is 4.28. The molecular formula is C19H25N3O4. The third-order valence-corrected chi connectivity index (χ3v) is 4.96. The summed E-state index contributed by atoms with van der Waals surface area (Å²) in [7, 11) is 0. The van der Waals surface area contributed by atoms with Crippen molar-refractivity contribution < 1.29 is 19.1 Å². The molecule has 140 valence electrons. The summed E-state index contributed by atoms with van der Waals surface area (Å²) in [5, 5.41) is 5.67. The van der Waals surface area contributed by atoms with E-state index in [0.29, 0.717) is 30.6 Å². The minimum absolute atomic E-state index is 0.0666. The lowest BCUT2D eigenvalue weighted by Crippen LogP contribution is -2.45. The second-order valence-corrected chi connectivity index (χ2v) is 6.88. The number of ether oxygens (including phenoxy) is 1. The number of carbonyl (C=O) groups excluding carboxylic acids is 3. The number of amides is 2. The van der Waals surface area contributed by atoms with E-state index in [-0.39, 0.29) is 17.6 Å². The Bertz CT molecular complexity index is 694. The molecule has 0 atom stereocenters. The van der Waals surface area contributed by atoms with Crippen molar-refractivity contribution in [3.63, 3.8) is 0 Å². The summed E-state index contributed by atoms with van der Waals surface area (Å²) in [6, 6.07) is 6.76. The molecule has 1 heterocycles. The first kappa shape index (κ1) is 18.5. The van der Waals surface area contributed by atoms with Crippen molar-refractivity contribution in [1.29, 1.82) is 0 Å². The van der Waals surface area contributed by atoms with E-state index < -0.39 is 5.41 Å². The fraction of sp³-hybridized carbons (Fsp3) is 0.526. The van der Waals surface area contributed by atoms with E-state index >= 15 is 0 Å². The molecule has 1 aliphatic heterocycles. The van der Waals surface area contributed by atoms with Crippen LogP contribution in [0.2, 0.25) is 0 Å². The maximum Gasteiger partial charge on any atom is 0.240 e. The molecule has 3 rings (SSSR count). The van der Waals surface area contributed by atoms with E-state index in [4.69, 9.17) is 4.74 Å². The number of carbonyl (C=O) groups is 3. The van der Waals surface area contributed by atoms with E-state index in [0.717, 1.165) is 32.8 Å². The van der Waals surface area contributed by atoms with Gasteiger partial charge in [-0.15, -0.1) is 0 Å². The van der Waals surface area contributed by atoms with Crippen molar-refractivity contribution >= 4 is 23.3 Å². The van der Waals surface area contributed by atoms with Crippen LogP contribution in [-0.4, -0.2) is 61.9 Å². The normalized spacial score (nSPS) is 18.8. The summed E-state index contributed by atoms with van der Waals surface area (Å²) >= 11 is 0. The number of anilines is 1. The smallest absolute Gasteiger partial charge is 0.240 e. The van der Waals surface area contributed by atoms with Crippen molar-refractivity contribution in [2.24, 2.45) is 5.41 Å². The predicted octanol–water partition coefficient (Wildman–Crippen LogP) is 1.06. The monoisotopic (exact) mass is 359 g/mol. The van der Waals surface area contributed by atoms with E-state index in [1.165, 1.54) is 6.92 Å². The number of Topliss-reactive ketones (excluding diaryl/α,β-unsaturated/α-hetero) is 1. The summed E-state index contributed by atoms with van der Waals surface area (Å²) in [6.45, 7) is 5.94. The molecule has 26 heavy (non-hydrogen) atoms. The molecule has 1 aromatic carbocycles. The molecule has 0 aromatic heterocycles. The van der Waals surface area contributed by atoms with Crippen LogP contribution in [0, 0.1) is 5.41 Å². The summed E-state index contributed by atoms with van der Waals surface area (Å²) in [4.78, 5) is 38.8. The van der Waals surface area contributed by atoms with Crippen molar-refractivity contribution in [3.8, 4) is 0 Å². The first-order valence-corrected chi connectivity index (χ1v) is 9.02. The molecule has 1 saturated heterocycles. The second kappa shape index (κ2) is 7.97. The van der Waals surface area contributed by atoms with Crippen LogP contribution in [0.5, 0.6) is 0 Å². The Labute approximate surface area is 153 Å². The van der Waals surface area contributed by atoms with Gasteiger partial charge >= 0.3 is 0 Å². The molecule has 0 spiro atoms. The molecule has 0 radical (unpaired) electrons. The highest BCUT2D eigenvalue weighted by molar-refractivity contribution is 6.13. The topological polar surface area (TPSA) is 87.7 Å². The third-order valence-electron chi connectivity index (χ3n) is 4.96. The van der Waals surface area contributed by atoms with Crippen LogP contribution < -0.4 is 10.6 Å². The molecule has 0 unspecified atom stereocenters. The van der Waals surface area contributed by atoms with Crippen LogP contribution in [-0.2, 0) is 14.3 Å². The van der Waals surface area contributed by atoms with Crippen molar-refractivity contribution in [2.75, 3.05) is 44.7 Å². The van der Waals surface area contributed by atoms with Gasteiger partial charge in [0.15, 0.2) is 5.78 Å². The molecule has 0 bridgehead atoms. The molecule has 1 aromatic rings. The Morgan fingerprint density at radius 1 is 1.15 bits per heavy atom. The lowest BCUT2D eigenvalue weighted by molar-refractivity contribution is -0.134. The van der Waals surface area contributed by atoms with Gasteiger partial charge in [0.25, 0.3) is 0 Å². The average molecular weight is 359 g/mol. The molecule has 2 fully saturated rings. The lowest BCUT2D eigenvalue weighted by atomic mass is 10.0. The van der Waals surface area contributed by atoms with Crippen LogP contribution in [0.1, 0.15) is 30.1 Å². The molecule has 7 nitrogen and oxygen atoms in total. The summed E-state index contributed by atoms with van der Waals surface area (Å²) in [5.74, 6) is -0.587. The van der Waals surface area contributed by atoms with Gasteiger partial charge in [-0.25, -0.2) is 0 Å². The summed E-state index contributed by atoms with van der Waals surface area (Å²) in [6.07, 6.45) is 1.10. The Morgan fingerprint density at radius 3 is 2.54 bits per heavy atom. The maximum absolute atomic E-state index is 12.6. The van der Waals surface area contributed by atoms with Gasteiger partial charge in [-0.1, -0.05) is 12.1 Å². The van der Waals surface area contributed by atoms with Gasteiger partial charge < -0.3 is 15.4 Å². The molecule has 1 aliphatic carbocycles. The first-order chi connectivity index (χ1) is 12.5. The minimum Gasteiger partial charge on any atom is -0.379 e. The van der Waals surface area contributed by atoms with Gasteiger partial charge in [0.2, 0.25) is 11.8 Å². The average Bonchev–Trinajstić information content (AvgIpc) is 3.45. The standard InChI is InChI=1S/C19H25N3O4/c1-14(23)15-3-2-4-16(13-15)21-18(25)19(5-6-19)17(24)20-7-8-22-9-11-26-12-10-22/h2-4,13H,5-12H2,1H3,(H,20,24)(H,21,25). The van der Waals surface area contributed by atoms with Crippen LogP contribution in [0.15, 0.2) is 24.3 Å². The Kier molecular flexibility index (Phi) is 5.68. The number of morpholine rings is 1. The van der Waals surface area contributed by atoms with E-state index in [2.05, 4.69) is 15.5 Å². The highest BCUT2D eigenvalue weighted by atomic mass is 16.5. The molecule has 2 N–H and O–H groups in total. The largest absolute Gasteiger partial charge is 0.379 e.